The first-order valence-corrected chi connectivity index (χ1v) is 13.7. The van der Waals surface area contributed by atoms with E-state index < -0.39 is 0 Å². The lowest BCUT2D eigenvalue weighted by Gasteiger charge is -2.34. The van der Waals surface area contributed by atoms with Gasteiger partial charge in [0, 0.05) is 27.2 Å². The van der Waals surface area contributed by atoms with E-state index in [9.17, 15) is 9.59 Å². The van der Waals surface area contributed by atoms with Crippen LogP contribution in [0.1, 0.15) is 90.9 Å². The summed E-state index contributed by atoms with van der Waals surface area (Å²) < 4.78 is 12.4. The van der Waals surface area contributed by atoms with Crippen LogP contribution < -0.4 is 10.6 Å². The van der Waals surface area contributed by atoms with Gasteiger partial charge in [-0.15, -0.1) is 0 Å². The Kier molecular flexibility index (Phi) is 8.20. The number of hydrogen-bond donors (Lipinski definition) is 2. The number of ether oxygens (including phenoxy) is 2. The van der Waals surface area contributed by atoms with Gasteiger partial charge in [-0.05, 0) is 89.2 Å². The SMILES string of the molecule is CN=C1OC2(CCCCC2)C(C)=C1C(=O)NCCCCNC(=O)C1=C(C)C2(CCCCC2)OC1=NC. The molecule has 2 spiro atoms. The van der Waals surface area contributed by atoms with Crippen LogP contribution >= 0.6 is 0 Å². The quantitative estimate of drug-likeness (QED) is 0.515. The van der Waals surface area contributed by atoms with E-state index in [2.05, 4.69) is 20.6 Å². The minimum absolute atomic E-state index is 0.120. The van der Waals surface area contributed by atoms with Crippen LogP contribution in [0.2, 0.25) is 0 Å². The molecule has 0 aromatic rings. The molecule has 4 aliphatic rings. The summed E-state index contributed by atoms with van der Waals surface area (Å²) in [6.45, 7) is 5.10. The third-order valence-electron chi connectivity index (χ3n) is 8.49. The minimum Gasteiger partial charge on any atom is -0.466 e. The Balaban J connectivity index is 1.25. The van der Waals surface area contributed by atoms with Crippen molar-refractivity contribution in [3.63, 3.8) is 0 Å². The number of aliphatic imine (C=N–C) groups is 2. The fourth-order valence-electron chi connectivity index (χ4n) is 6.28. The lowest BCUT2D eigenvalue weighted by Crippen LogP contribution is -2.33. The number of carbonyl (C=O) groups excluding carboxylic acids is 2. The maximum absolute atomic E-state index is 13.0. The van der Waals surface area contributed by atoms with Crippen LogP contribution in [0.3, 0.4) is 0 Å². The summed E-state index contributed by atoms with van der Waals surface area (Å²) in [5, 5.41) is 6.06. The van der Waals surface area contributed by atoms with Crippen molar-refractivity contribution in [1.29, 1.82) is 0 Å². The van der Waals surface area contributed by atoms with Gasteiger partial charge in [0.25, 0.3) is 11.8 Å². The Morgan fingerprint density at radius 1 is 0.694 bits per heavy atom. The summed E-state index contributed by atoms with van der Waals surface area (Å²) in [7, 11) is 3.36. The van der Waals surface area contributed by atoms with Crippen LogP contribution in [0.5, 0.6) is 0 Å². The molecule has 2 heterocycles. The smallest absolute Gasteiger partial charge is 0.256 e. The number of nitrogens with one attached hydrogen (secondary N) is 2. The first-order chi connectivity index (χ1) is 17.4. The van der Waals surface area contributed by atoms with E-state index in [1.54, 1.807) is 14.1 Å². The van der Waals surface area contributed by atoms with Crippen molar-refractivity contribution in [1.82, 2.24) is 10.6 Å². The van der Waals surface area contributed by atoms with Gasteiger partial charge in [0.15, 0.2) is 0 Å². The summed E-state index contributed by atoms with van der Waals surface area (Å²) in [5.74, 6) is 0.687. The second-order valence-electron chi connectivity index (χ2n) is 10.6. The van der Waals surface area contributed by atoms with E-state index >= 15 is 0 Å². The Bertz CT molecular complexity index is 915. The number of carbonyl (C=O) groups is 2. The van der Waals surface area contributed by atoms with Crippen molar-refractivity contribution in [3.8, 4) is 0 Å². The molecule has 2 aliphatic carbocycles. The fraction of sp³-hybridized carbons (Fsp3) is 0.714. The van der Waals surface area contributed by atoms with Crippen molar-refractivity contribution in [2.45, 2.75) is 102 Å². The molecule has 8 nitrogen and oxygen atoms in total. The number of unbranched alkanes of at least 4 members (excludes halogenated alkanes) is 1. The maximum Gasteiger partial charge on any atom is 0.256 e. The molecular weight excluding hydrogens is 456 g/mol. The third kappa shape index (κ3) is 4.96. The van der Waals surface area contributed by atoms with E-state index in [1.807, 2.05) is 13.8 Å². The Morgan fingerprint density at radius 3 is 1.39 bits per heavy atom. The van der Waals surface area contributed by atoms with Gasteiger partial charge in [-0.25, -0.2) is 0 Å². The molecule has 2 aliphatic heterocycles. The molecule has 2 amide bonds. The summed E-state index contributed by atoms with van der Waals surface area (Å²) in [6.07, 6.45) is 12.2. The maximum atomic E-state index is 13.0. The zero-order valence-corrected chi connectivity index (χ0v) is 22.4. The van der Waals surface area contributed by atoms with Gasteiger partial charge < -0.3 is 20.1 Å². The molecule has 0 aromatic carbocycles. The van der Waals surface area contributed by atoms with Gasteiger partial charge in [-0.3, -0.25) is 19.6 Å². The zero-order valence-electron chi connectivity index (χ0n) is 22.4. The fourth-order valence-corrected chi connectivity index (χ4v) is 6.28. The zero-order chi connectivity index (χ0) is 25.8. The first-order valence-electron chi connectivity index (χ1n) is 13.7. The number of nitrogens with zero attached hydrogens (tertiary/aromatic N) is 2. The molecular formula is C28H42N4O4. The summed E-state index contributed by atoms with van der Waals surface area (Å²) in [6, 6.07) is 0. The normalized spacial score (nSPS) is 25.0. The molecule has 2 saturated carbocycles. The van der Waals surface area contributed by atoms with Gasteiger partial charge in [0.05, 0.1) is 0 Å². The van der Waals surface area contributed by atoms with Crippen molar-refractivity contribution in [3.05, 3.63) is 22.3 Å². The highest BCUT2D eigenvalue weighted by Crippen LogP contribution is 2.45. The van der Waals surface area contributed by atoms with E-state index in [0.717, 1.165) is 75.4 Å². The highest BCUT2D eigenvalue weighted by molar-refractivity contribution is 6.21. The van der Waals surface area contributed by atoms with Crippen molar-refractivity contribution in [2.24, 2.45) is 9.98 Å². The third-order valence-corrected chi connectivity index (χ3v) is 8.49. The van der Waals surface area contributed by atoms with E-state index in [1.165, 1.54) is 12.8 Å². The molecule has 0 atom stereocenters. The largest absolute Gasteiger partial charge is 0.466 e. The summed E-state index contributed by atoms with van der Waals surface area (Å²) in [5.41, 5.74) is 2.52. The van der Waals surface area contributed by atoms with E-state index in [-0.39, 0.29) is 23.0 Å². The molecule has 8 heteroatoms. The molecule has 198 valence electrons. The van der Waals surface area contributed by atoms with Crippen LogP contribution in [0, 0.1) is 0 Å². The molecule has 0 saturated heterocycles. The number of rotatable bonds is 7. The predicted molar refractivity (Wildman–Crippen MR) is 141 cm³/mol. The topological polar surface area (TPSA) is 101 Å². The van der Waals surface area contributed by atoms with Crippen molar-refractivity contribution in [2.75, 3.05) is 27.2 Å². The van der Waals surface area contributed by atoms with Crippen LogP contribution in [0.4, 0.5) is 0 Å². The highest BCUT2D eigenvalue weighted by atomic mass is 16.5. The van der Waals surface area contributed by atoms with Gasteiger partial charge in [-0.1, -0.05) is 12.8 Å². The Morgan fingerprint density at radius 2 is 1.06 bits per heavy atom. The Labute approximate surface area is 215 Å². The monoisotopic (exact) mass is 498 g/mol. The second-order valence-corrected chi connectivity index (χ2v) is 10.6. The first kappa shape index (κ1) is 26.4. The minimum atomic E-state index is -0.350. The molecule has 2 fully saturated rings. The molecule has 36 heavy (non-hydrogen) atoms. The highest BCUT2D eigenvalue weighted by Gasteiger charge is 2.47. The van der Waals surface area contributed by atoms with Crippen LogP contribution in [-0.2, 0) is 19.1 Å². The van der Waals surface area contributed by atoms with Gasteiger partial charge in [0.1, 0.15) is 22.3 Å². The summed E-state index contributed by atoms with van der Waals surface area (Å²) in [4.78, 5) is 34.5. The van der Waals surface area contributed by atoms with Crippen LogP contribution in [0.15, 0.2) is 32.3 Å². The van der Waals surface area contributed by atoms with Crippen molar-refractivity contribution >= 4 is 23.6 Å². The molecule has 2 N–H and O–H groups in total. The average Bonchev–Trinajstić information content (AvgIpc) is 3.32. The van der Waals surface area contributed by atoms with E-state index in [4.69, 9.17) is 9.47 Å². The summed E-state index contributed by atoms with van der Waals surface area (Å²) >= 11 is 0. The van der Waals surface area contributed by atoms with Gasteiger partial charge in [-0.2, -0.15) is 0 Å². The van der Waals surface area contributed by atoms with Gasteiger partial charge in [0.2, 0.25) is 11.8 Å². The van der Waals surface area contributed by atoms with Crippen molar-refractivity contribution < 1.29 is 19.1 Å². The lowest BCUT2D eigenvalue weighted by atomic mass is 9.79. The van der Waals surface area contributed by atoms with E-state index in [0.29, 0.717) is 36.0 Å². The van der Waals surface area contributed by atoms with Gasteiger partial charge >= 0.3 is 0 Å². The molecule has 4 rings (SSSR count). The number of hydrogen-bond acceptors (Lipinski definition) is 6. The van der Waals surface area contributed by atoms with Crippen LogP contribution in [0.25, 0.3) is 0 Å². The average molecular weight is 499 g/mol. The molecule has 0 aromatic heterocycles. The second kappa shape index (κ2) is 11.2. The van der Waals surface area contributed by atoms with Crippen LogP contribution in [-0.4, -0.2) is 62.0 Å². The number of amides is 2. The molecule has 0 unspecified atom stereocenters. The molecule has 0 bridgehead atoms. The lowest BCUT2D eigenvalue weighted by molar-refractivity contribution is -0.118. The molecule has 0 radical (unpaired) electrons. The predicted octanol–water partition coefficient (Wildman–Crippen LogP) is 4.15. The standard InChI is InChI=1S/C28H42N4O4/c1-19-21(25(29-3)35-27(19)13-7-5-8-14-27)23(33)31-17-11-12-18-32-24(34)22-20(2)28(36-26(22)30-4)15-9-6-10-16-28/h5-18H2,1-4H3,(H,31,33)(H,32,34). The Hall–Kier alpha value is -2.64.